The monoisotopic (exact) mass is 483 g/mol. The van der Waals surface area contributed by atoms with Crippen molar-refractivity contribution >= 4 is 5.78 Å². The Hall–Kier alpha value is -3.12. The number of Topliss-reactive ketones (excluding diaryl/α,β-unsaturated/α-hetero) is 1. The van der Waals surface area contributed by atoms with Gasteiger partial charge in [-0.1, -0.05) is 49.0 Å². The summed E-state index contributed by atoms with van der Waals surface area (Å²) in [6, 6.07) is 1.36. The van der Waals surface area contributed by atoms with Crippen LogP contribution in [0.15, 0.2) is 74.7 Å². The number of carbonyl (C=O) groups is 1. The number of aliphatic hydroxyl groups is 1. The zero-order chi connectivity index (χ0) is 26.4. The van der Waals surface area contributed by atoms with Gasteiger partial charge in [0.05, 0.1) is 6.10 Å². The molecule has 0 saturated heterocycles. The summed E-state index contributed by atoms with van der Waals surface area (Å²) in [5.74, 6) is -0.666. The van der Waals surface area contributed by atoms with Crippen LogP contribution in [0.3, 0.4) is 0 Å². The number of hydrogen-bond acceptors (Lipinski definition) is 6. The second kappa shape index (κ2) is 15.7. The average Bonchev–Trinajstić information content (AvgIpc) is 2.82. The Morgan fingerprint density at radius 3 is 2.51 bits per heavy atom. The molecule has 3 N–H and O–H groups in total. The molecule has 0 aliphatic rings. The Bertz CT molecular complexity index is 1040. The van der Waals surface area contributed by atoms with Gasteiger partial charge in [0.2, 0.25) is 0 Å². The first-order chi connectivity index (χ1) is 16.6. The van der Waals surface area contributed by atoms with Crippen LogP contribution in [0, 0.1) is 0 Å². The second-order valence-corrected chi connectivity index (χ2v) is 8.87. The molecule has 2 unspecified atom stereocenters. The minimum atomic E-state index is -0.834. The fourth-order valence-corrected chi connectivity index (χ4v) is 3.38. The van der Waals surface area contributed by atoms with Crippen molar-refractivity contribution in [1.82, 2.24) is 5.32 Å². The Balaban J connectivity index is 2.86. The van der Waals surface area contributed by atoms with E-state index in [0.29, 0.717) is 24.2 Å². The van der Waals surface area contributed by atoms with Crippen LogP contribution < -0.4 is 10.9 Å². The minimum absolute atomic E-state index is 0.0848. The fourth-order valence-electron chi connectivity index (χ4n) is 3.38. The molecule has 192 valence electrons. The zero-order valence-corrected chi connectivity index (χ0v) is 21.9. The molecular formula is C29H41NO5. The van der Waals surface area contributed by atoms with E-state index in [-0.39, 0.29) is 17.2 Å². The van der Waals surface area contributed by atoms with E-state index >= 15 is 0 Å². The molecule has 0 aromatic carbocycles. The van der Waals surface area contributed by atoms with Gasteiger partial charge in [-0.25, -0.2) is 4.79 Å². The lowest BCUT2D eigenvalue weighted by atomic mass is 9.99. The third-order valence-electron chi connectivity index (χ3n) is 5.84. The quantitative estimate of drug-likeness (QED) is 0.128. The van der Waals surface area contributed by atoms with E-state index in [1.165, 1.54) is 6.07 Å². The summed E-state index contributed by atoms with van der Waals surface area (Å²) < 4.78 is 5.37. The van der Waals surface area contributed by atoms with E-state index in [2.05, 4.69) is 5.32 Å². The van der Waals surface area contributed by atoms with E-state index in [1.54, 1.807) is 19.1 Å². The van der Waals surface area contributed by atoms with Gasteiger partial charge in [-0.05, 0) is 77.1 Å². The highest BCUT2D eigenvalue weighted by atomic mass is 16.4. The van der Waals surface area contributed by atoms with Crippen LogP contribution in [0.1, 0.15) is 88.8 Å². The summed E-state index contributed by atoms with van der Waals surface area (Å²) in [6.07, 6.45) is 16.3. The van der Waals surface area contributed by atoms with Crippen molar-refractivity contribution in [3.05, 3.63) is 87.2 Å². The van der Waals surface area contributed by atoms with Crippen LogP contribution in [0.5, 0.6) is 5.75 Å². The maximum Gasteiger partial charge on any atom is 0.351 e. The summed E-state index contributed by atoms with van der Waals surface area (Å²) in [6.45, 7) is 9.30. The lowest BCUT2D eigenvalue weighted by molar-refractivity contribution is 0.102. The maximum atomic E-state index is 12.8. The number of rotatable bonds is 14. The molecule has 1 aromatic heterocycles. The molecule has 1 heterocycles. The van der Waals surface area contributed by atoms with Crippen LogP contribution >= 0.6 is 0 Å². The fraction of sp³-hybridized carbons (Fsp3) is 0.448. The van der Waals surface area contributed by atoms with Gasteiger partial charge >= 0.3 is 5.63 Å². The van der Waals surface area contributed by atoms with Crippen molar-refractivity contribution in [3.63, 3.8) is 0 Å². The third-order valence-corrected chi connectivity index (χ3v) is 5.84. The van der Waals surface area contributed by atoms with Crippen molar-refractivity contribution in [2.75, 3.05) is 7.05 Å². The van der Waals surface area contributed by atoms with Gasteiger partial charge in [0.25, 0.3) is 0 Å². The van der Waals surface area contributed by atoms with Gasteiger partial charge in [-0.15, -0.1) is 0 Å². The number of nitrogens with one attached hydrogen (secondary N) is 1. The average molecular weight is 484 g/mol. The lowest BCUT2D eigenvalue weighted by Crippen LogP contribution is -2.16. The third kappa shape index (κ3) is 10.4. The van der Waals surface area contributed by atoms with E-state index in [9.17, 15) is 19.8 Å². The summed E-state index contributed by atoms with van der Waals surface area (Å²) >= 11 is 0. The molecule has 0 saturated carbocycles. The molecule has 6 nitrogen and oxygen atoms in total. The van der Waals surface area contributed by atoms with Gasteiger partial charge in [0.15, 0.2) is 5.78 Å². The van der Waals surface area contributed by atoms with Crippen LogP contribution in [0.2, 0.25) is 0 Å². The predicted molar refractivity (Wildman–Crippen MR) is 143 cm³/mol. The topological polar surface area (TPSA) is 99.8 Å². The van der Waals surface area contributed by atoms with Crippen LogP contribution in [0.25, 0.3) is 0 Å². The summed E-state index contributed by atoms with van der Waals surface area (Å²) in [5.41, 5.74) is 1.05. The number of aliphatic hydroxyl groups excluding tert-OH is 1. The Labute approximate surface area is 209 Å². The zero-order valence-electron chi connectivity index (χ0n) is 21.9. The summed E-state index contributed by atoms with van der Waals surface area (Å²) in [4.78, 5) is 25.3. The maximum absolute atomic E-state index is 12.8. The van der Waals surface area contributed by atoms with Crippen molar-refractivity contribution in [2.24, 2.45) is 0 Å². The van der Waals surface area contributed by atoms with Crippen LogP contribution in [-0.4, -0.2) is 29.1 Å². The standard InChI is InChI=1S/C29H41NO5/c1-7-8-9-12-21(3)24(31)17-15-20(2)14-16-23(5)28(33)27-25(32)19-26(35-29(27)34)22(4)13-10-11-18-30-6/h7-8,11-12,14,16,18-19,22,24,30-32H,9-10,13,15,17H2,1-6H3/b8-7+,18-11+,20-14+,21-12+,23-16+. The molecule has 35 heavy (non-hydrogen) atoms. The molecule has 0 aliphatic heterocycles. The van der Waals surface area contributed by atoms with E-state index in [0.717, 1.165) is 30.4 Å². The highest BCUT2D eigenvalue weighted by Crippen LogP contribution is 2.26. The number of hydrogen-bond donors (Lipinski definition) is 3. The molecule has 1 rings (SSSR count). The Morgan fingerprint density at radius 1 is 1.17 bits per heavy atom. The van der Waals surface area contributed by atoms with Gasteiger partial charge in [0.1, 0.15) is 17.1 Å². The first-order valence-electron chi connectivity index (χ1n) is 12.2. The number of carbonyl (C=O) groups excluding carboxylic acids is 1. The van der Waals surface area contributed by atoms with Gasteiger partial charge in [-0.3, -0.25) is 4.79 Å². The number of allylic oxidation sites excluding steroid dienone is 8. The predicted octanol–water partition coefficient (Wildman–Crippen LogP) is 6.09. The normalized spacial score (nSPS) is 15.1. The molecule has 0 aliphatic carbocycles. The van der Waals surface area contributed by atoms with Gasteiger partial charge < -0.3 is 19.9 Å². The first kappa shape index (κ1) is 29.9. The minimum Gasteiger partial charge on any atom is -0.507 e. The van der Waals surface area contributed by atoms with Crippen molar-refractivity contribution in [1.29, 1.82) is 0 Å². The van der Waals surface area contributed by atoms with E-state index in [1.807, 2.05) is 65.2 Å². The first-order valence-corrected chi connectivity index (χ1v) is 12.2. The summed E-state index contributed by atoms with van der Waals surface area (Å²) in [5, 5.41) is 23.6. The highest BCUT2D eigenvalue weighted by Gasteiger charge is 2.21. The molecule has 2 atom stereocenters. The lowest BCUT2D eigenvalue weighted by Gasteiger charge is -2.11. The molecule has 0 spiro atoms. The van der Waals surface area contributed by atoms with Crippen molar-refractivity contribution in [3.8, 4) is 5.75 Å². The molecule has 6 heteroatoms. The van der Waals surface area contributed by atoms with Gasteiger partial charge in [0, 0.05) is 19.0 Å². The second-order valence-electron chi connectivity index (χ2n) is 8.87. The van der Waals surface area contributed by atoms with Crippen LogP contribution in [0.4, 0.5) is 0 Å². The van der Waals surface area contributed by atoms with Gasteiger partial charge in [-0.2, -0.15) is 0 Å². The molecule has 0 bridgehead atoms. The SMILES string of the molecule is C/C=C/C/C=C(\C)C(O)CC/C(C)=C/C=C(\C)C(=O)c1c(O)cc(C(C)CC/C=C/NC)oc1=O. The number of ketones is 1. The Morgan fingerprint density at radius 2 is 1.89 bits per heavy atom. The molecule has 1 aromatic rings. The highest BCUT2D eigenvalue weighted by molar-refractivity contribution is 6.09. The summed E-state index contributed by atoms with van der Waals surface area (Å²) in [7, 11) is 1.82. The molecule has 0 radical (unpaired) electrons. The van der Waals surface area contributed by atoms with E-state index in [4.69, 9.17) is 4.42 Å². The molecular weight excluding hydrogens is 442 g/mol. The Kier molecular flexibility index (Phi) is 13.4. The molecule has 0 fully saturated rings. The molecule has 0 amide bonds. The largest absolute Gasteiger partial charge is 0.507 e. The van der Waals surface area contributed by atoms with Crippen molar-refractivity contribution in [2.45, 2.75) is 78.7 Å². The van der Waals surface area contributed by atoms with Crippen molar-refractivity contribution < 1.29 is 19.4 Å². The smallest absolute Gasteiger partial charge is 0.351 e. The van der Waals surface area contributed by atoms with Crippen LogP contribution in [-0.2, 0) is 0 Å². The number of aromatic hydroxyl groups is 1. The van der Waals surface area contributed by atoms with E-state index < -0.39 is 17.5 Å².